The predicted octanol–water partition coefficient (Wildman–Crippen LogP) is 2.06. The number of carbonyl (C=O) groups excluding carboxylic acids is 1. The van der Waals surface area contributed by atoms with E-state index in [4.69, 9.17) is 0 Å². The van der Waals surface area contributed by atoms with E-state index in [9.17, 15) is 4.79 Å². The van der Waals surface area contributed by atoms with Gasteiger partial charge in [-0.2, -0.15) is 12.6 Å². The van der Waals surface area contributed by atoms with E-state index in [1.807, 2.05) is 0 Å². The topological polar surface area (TPSA) is 33.2 Å². The highest BCUT2D eigenvalue weighted by Gasteiger charge is 2.31. The number of fused-ring (bicyclic) bond motifs is 1. The van der Waals surface area contributed by atoms with E-state index in [1.165, 1.54) is 23.4 Å². The van der Waals surface area contributed by atoms with E-state index in [2.05, 4.69) is 17.6 Å². The number of amides is 1. The molecule has 3 nitrogen and oxygen atoms in total. The Morgan fingerprint density at radius 3 is 2.88 bits per heavy atom. The molecule has 5 heteroatoms. The fourth-order valence-electron chi connectivity index (χ4n) is 2.33. The molecule has 1 aliphatic heterocycles. The van der Waals surface area contributed by atoms with Gasteiger partial charge in [0.15, 0.2) is 5.13 Å². The molecule has 0 radical (unpaired) electrons. The van der Waals surface area contributed by atoms with E-state index in [-0.39, 0.29) is 11.2 Å². The summed E-state index contributed by atoms with van der Waals surface area (Å²) in [5.41, 5.74) is 1.22. The Kier molecular flexibility index (Phi) is 2.67. The van der Waals surface area contributed by atoms with Gasteiger partial charge < -0.3 is 0 Å². The predicted molar refractivity (Wildman–Crippen MR) is 68.5 cm³/mol. The van der Waals surface area contributed by atoms with Crippen LogP contribution in [0.5, 0.6) is 0 Å². The number of aromatic nitrogens is 1. The normalized spacial score (nSPS) is 24.9. The lowest BCUT2D eigenvalue weighted by molar-refractivity contribution is -0.117. The number of thiol groups is 1. The maximum atomic E-state index is 11.7. The van der Waals surface area contributed by atoms with E-state index in [1.54, 1.807) is 16.2 Å². The lowest BCUT2D eigenvalue weighted by Crippen LogP contribution is -2.24. The second-order valence-corrected chi connectivity index (χ2v) is 6.23. The summed E-state index contributed by atoms with van der Waals surface area (Å²) in [6, 6.07) is 0. The first kappa shape index (κ1) is 10.6. The van der Waals surface area contributed by atoms with Crippen LogP contribution in [-0.2, 0) is 17.6 Å². The van der Waals surface area contributed by atoms with Crippen LogP contribution in [0.25, 0.3) is 0 Å². The number of nitrogens with zero attached hydrogens (tertiary/aromatic N) is 2. The fourth-order valence-corrected chi connectivity index (χ4v) is 3.82. The van der Waals surface area contributed by atoms with Gasteiger partial charge in [0.1, 0.15) is 0 Å². The summed E-state index contributed by atoms with van der Waals surface area (Å²) >= 11 is 6.06. The molecule has 1 unspecified atom stereocenters. The van der Waals surface area contributed by atoms with E-state index < -0.39 is 0 Å². The lowest BCUT2D eigenvalue weighted by Gasteiger charge is -2.10. The molecule has 1 atom stereocenters. The number of anilines is 1. The van der Waals surface area contributed by atoms with Crippen LogP contribution in [0.2, 0.25) is 0 Å². The van der Waals surface area contributed by atoms with Crippen molar-refractivity contribution in [2.75, 3.05) is 11.4 Å². The van der Waals surface area contributed by atoms with Crippen molar-refractivity contribution in [3.05, 3.63) is 10.6 Å². The van der Waals surface area contributed by atoms with Gasteiger partial charge >= 0.3 is 0 Å². The molecule has 0 N–H and O–H groups in total. The van der Waals surface area contributed by atoms with Gasteiger partial charge in [-0.3, -0.25) is 9.69 Å². The highest BCUT2D eigenvalue weighted by molar-refractivity contribution is 7.81. The monoisotopic (exact) mass is 254 g/mol. The van der Waals surface area contributed by atoms with Gasteiger partial charge in [-0.1, -0.05) is 0 Å². The molecule has 1 aromatic rings. The fraction of sp³-hybridized carbons (Fsp3) is 0.636. The minimum atomic E-state index is 0.172. The maximum Gasteiger partial charge on any atom is 0.229 e. The molecule has 2 aliphatic rings. The SMILES string of the molecule is O=C1CC(S)CN1c1nc2c(s1)CCCC2. The van der Waals surface area contributed by atoms with Gasteiger partial charge in [-0.25, -0.2) is 4.98 Å². The summed E-state index contributed by atoms with van der Waals surface area (Å²) in [5, 5.41) is 1.07. The third kappa shape index (κ3) is 1.76. The first-order chi connectivity index (χ1) is 7.74. The van der Waals surface area contributed by atoms with Crippen molar-refractivity contribution in [1.82, 2.24) is 4.98 Å². The summed E-state index contributed by atoms with van der Waals surface area (Å²) in [6.45, 7) is 0.717. The number of aryl methyl sites for hydroxylation is 2. The highest BCUT2D eigenvalue weighted by Crippen LogP contribution is 2.34. The Morgan fingerprint density at radius 2 is 2.19 bits per heavy atom. The van der Waals surface area contributed by atoms with Crippen molar-refractivity contribution in [2.45, 2.75) is 37.4 Å². The first-order valence-electron chi connectivity index (χ1n) is 5.71. The first-order valence-corrected chi connectivity index (χ1v) is 7.04. The van der Waals surface area contributed by atoms with Crippen LogP contribution < -0.4 is 4.90 Å². The smallest absolute Gasteiger partial charge is 0.229 e. The molecule has 1 aliphatic carbocycles. The minimum absolute atomic E-state index is 0.172. The van der Waals surface area contributed by atoms with Gasteiger partial charge in [0.2, 0.25) is 5.91 Å². The van der Waals surface area contributed by atoms with Crippen LogP contribution in [0.15, 0.2) is 0 Å². The molecule has 2 heterocycles. The van der Waals surface area contributed by atoms with Crippen LogP contribution >= 0.6 is 24.0 Å². The van der Waals surface area contributed by atoms with Crippen molar-refractivity contribution in [2.24, 2.45) is 0 Å². The maximum absolute atomic E-state index is 11.7. The van der Waals surface area contributed by atoms with Crippen molar-refractivity contribution in [3.63, 3.8) is 0 Å². The summed E-state index contributed by atoms with van der Waals surface area (Å²) in [4.78, 5) is 19.5. The number of thiazole rings is 1. The second-order valence-electron chi connectivity index (χ2n) is 4.44. The van der Waals surface area contributed by atoms with Crippen LogP contribution in [0.1, 0.15) is 29.8 Å². The molecule has 0 bridgehead atoms. The number of carbonyl (C=O) groups is 1. The van der Waals surface area contributed by atoms with Crippen LogP contribution in [0.3, 0.4) is 0 Å². The zero-order chi connectivity index (χ0) is 11.1. The molecule has 0 spiro atoms. The van der Waals surface area contributed by atoms with Gasteiger partial charge in [0, 0.05) is 23.1 Å². The van der Waals surface area contributed by atoms with Crippen molar-refractivity contribution in [3.8, 4) is 0 Å². The third-order valence-corrected chi connectivity index (χ3v) is 4.70. The Morgan fingerprint density at radius 1 is 1.38 bits per heavy atom. The molecule has 1 aromatic heterocycles. The largest absolute Gasteiger partial charge is 0.287 e. The zero-order valence-corrected chi connectivity index (χ0v) is 10.7. The van der Waals surface area contributed by atoms with Crippen LogP contribution in [0.4, 0.5) is 5.13 Å². The summed E-state index contributed by atoms with van der Waals surface area (Å²) in [7, 11) is 0. The molecule has 1 fully saturated rings. The van der Waals surface area contributed by atoms with E-state index >= 15 is 0 Å². The summed E-state index contributed by atoms with van der Waals surface area (Å²) < 4.78 is 0. The highest BCUT2D eigenvalue weighted by atomic mass is 32.1. The number of rotatable bonds is 1. The Hall–Kier alpha value is -0.550. The van der Waals surface area contributed by atoms with Crippen molar-refractivity contribution in [1.29, 1.82) is 0 Å². The molecule has 1 amide bonds. The van der Waals surface area contributed by atoms with Gasteiger partial charge in [-0.15, -0.1) is 11.3 Å². The third-order valence-electron chi connectivity index (χ3n) is 3.17. The molecular formula is C11H14N2OS2. The summed E-state index contributed by atoms with van der Waals surface area (Å²) in [5.74, 6) is 0.172. The molecule has 0 aromatic carbocycles. The Balaban J connectivity index is 1.89. The van der Waals surface area contributed by atoms with Crippen LogP contribution in [-0.4, -0.2) is 22.7 Å². The van der Waals surface area contributed by atoms with Gasteiger partial charge in [0.25, 0.3) is 0 Å². The Bertz CT molecular complexity index is 406. The lowest BCUT2D eigenvalue weighted by atomic mass is 10.0. The number of hydrogen-bond acceptors (Lipinski definition) is 4. The van der Waals surface area contributed by atoms with E-state index in [0.29, 0.717) is 13.0 Å². The second kappa shape index (κ2) is 4.04. The van der Waals surface area contributed by atoms with Gasteiger partial charge in [0.05, 0.1) is 5.69 Å². The van der Waals surface area contributed by atoms with Crippen LogP contribution in [0, 0.1) is 0 Å². The average Bonchev–Trinajstić information content (AvgIpc) is 2.81. The molecule has 16 heavy (non-hydrogen) atoms. The molecule has 86 valence electrons. The van der Waals surface area contributed by atoms with E-state index in [0.717, 1.165) is 18.0 Å². The zero-order valence-electron chi connectivity index (χ0n) is 8.98. The molecule has 1 saturated heterocycles. The van der Waals surface area contributed by atoms with Crippen molar-refractivity contribution >= 4 is 35.0 Å². The quantitative estimate of drug-likeness (QED) is 0.778. The van der Waals surface area contributed by atoms with Gasteiger partial charge in [-0.05, 0) is 25.7 Å². The molecule has 0 saturated carbocycles. The standard InChI is InChI=1S/C11H14N2OS2/c14-10-5-7(15)6-13(10)11-12-8-3-1-2-4-9(8)16-11/h7,15H,1-6H2. The molecule has 3 rings (SSSR count). The molecular weight excluding hydrogens is 240 g/mol. The van der Waals surface area contributed by atoms with Crippen molar-refractivity contribution < 1.29 is 4.79 Å². The Labute approximate surface area is 104 Å². The average molecular weight is 254 g/mol. The number of hydrogen-bond donors (Lipinski definition) is 1. The minimum Gasteiger partial charge on any atom is -0.287 e. The summed E-state index contributed by atoms with van der Waals surface area (Å²) in [6.07, 6.45) is 5.27.